The zero-order valence-electron chi connectivity index (χ0n) is 17.2. The second kappa shape index (κ2) is 8.39. The second-order valence-electron chi connectivity index (χ2n) is 7.49. The number of rotatable bonds is 7. The Morgan fingerprint density at radius 3 is 2.59 bits per heavy atom. The van der Waals surface area contributed by atoms with Gasteiger partial charge in [-0.1, -0.05) is 36.4 Å². The van der Waals surface area contributed by atoms with Gasteiger partial charge in [-0.3, -0.25) is 19.2 Å². The highest BCUT2D eigenvalue weighted by Gasteiger charge is 2.22. The first-order chi connectivity index (χ1) is 15.2. The number of sulfonamides is 1. The third-order valence-electron chi connectivity index (χ3n) is 5.32. The topological polar surface area (TPSA) is 122 Å². The largest absolute Gasteiger partial charge is 0.271 e. The van der Waals surface area contributed by atoms with Crippen LogP contribution in [0.2, 0.25) is 0 Å². The number of nitro benzene ring substituents is 1. The molecule has 1 aliphatic carbocycles. The van der Waals surface area contributed by atoms with Crippen LogP contribution in [0.1, 0.15) is 16.7 Å². The molecule has 1 aliphatic rings. The minimum absolute atomic E-state index is 0.0216. The third-order valence-corrected chi connectivity index (χ3v) is 6.46. The number of amides is 1. The molecule has 0 bridgehead atoms. The second-order valence-corrected chi connectivity index (χ2v) is 9.40. The zero-order chi connectivity index (χ0) is 22.9. The number of hydrogen-bond acceptors (Lipinski definition) is 6. The molecule has 0 radical (unpaired) electrons. The van der Waals surface area contributed by atoms with Gasteiger partial charge in [0.15, 0.2) is 0 Å². The Bertz CT molecular complexity index is 1360. The number of hydrazone groups is 1. The van der Waals surface area contributed by atoms with Gasteiger partial charge >= 0.3 is 0 Å². The highest BCUT2D eigenvalue weighted by Crippen LogP contribution is 2.32. The molecule has 4 rings (SSSR count). The lowest BCUT2D eigenvalue weighted by molar-refractivity contribution is -0.384. The van der Waals surface area contributed by atoms with Crippen molar-refractivity contribution < 1.29 is 18.1 Å². The summed E-state index contributed by atoms with van der Waals surface area (Å²) in [5.41, 5.74) is 5.50. The summed E-state index contributed by atoms with van der Waals surface area (Å²) in [5, 5.41) is 17.3. The van der Waals surface area contributed by atoms with Crippen LogP contribution < -0.4 is 9.73 Å². The Kier molecular flexibility index (Phi) is 5.62. The molecule has 3 aromatic rings. The first-order valence-corrected chi connectivity index (χ1v) is 11.7. The molecule has 32 heavy (non-hydrogen) atoms. The quantitative estimate of drug-likeness (QED) is 0.336. The molecule has 0 heterocycles. The fourth-order valence-electron chi connectivity index (χ4n) is 3.88. The normalized spacial score (nSPS) is 12.9. The maximum Gasteiger partial charge on any atom is 0.271 e. The lowest BCUT2D eigenvalue weighted by atomic mass is 10.0. The zero-order valence-corrected chi connectivity index (χ0v) is 18.0. The van der Waals surface area contributed by atoms with Gasteiger partial charge < -0.3 is 0 Å². The summed E-state index contributed by atoms with van der Waals surface area (Å²) >= 11 is 0. The molecule has 164 valence electrons. The Balaban J connectivity index is 1.52. The van der Waals surface area contributed by atoms with Crippen molar-refractivity contribution in [2.75, 3.05) is 17.1 Å². The average Bonchev–Trinajstić information content (AvgIpc) is 3.17. The average molecular weight is 452 g/mol. The molecule has 10 heteroatoms. The third kappa shape index (κ3) is 4.30. The maximum atomic E-state index is 12.4. The van der Waals surface area contributed by atoms with Crippen molar-refractivity contribution in [2.45, 2.75) is 12.8 Å². The number of carbonyl (C=O) groups is 1. The predicted molar refractivity (Wildman–Crippen MR) is 122 cm³/mol. The lowest BCUT2D eigenvalue weighted by Crippen LogP contribution is -2.39. The number of benzene rings is 3. The van der Waals surface area contributed by atoms with E-state index in [0.717, 1.165) is 40.4 Å². The summed E-state index contributed by atoms with van der Waals surface area (Å²) in [6.07, 6.45) is 4.46. The van der Waals surface area contributed by atoms with Crippen molar-refractivity contribution in [3.05, 3.63) is 81.4 Å². The number of hydrogen-bond donors (Lipinski definition) is 1. The fraction of sp³-hybridized carbons (Fsp3) is 0.182. The van der Waals surface area contributed by atoms with E-state index in [4.69, 9.17) is 0 Å². The molecule has 1 N–H and O–H groups in total. The van der Waals surface area contributed by atoms with Gasteiger partial charge in [-0.2, -0.15) is 5.10 Å². The molecule has 0 saturated carbocycles. The summed E-state index contributed by atoms with van der Waals surface area (Å²) in [4.78, 5) is 22.8. The number of nitrogens with one attached hydrogen (secondary N) is 1. The number of nitrogens with zero attached hydrogens (tertiary/aromatic N) is 3. The van der Waals surface area contributed by atoms with Crippen LogP contribution in [0.15, 0.2) is 59.7 Å². The van der Waals surface area contributed by atoms with Crippen LogP contribution in [-0.2, 0) is 27.7 Å². The molecule has 9 nitrogen and oxygen atoms in total. The fourth-order valence-corrected chi connectivity index (χ4v) is 4.73. The first-order valence-electron chi connectivity index (χ1n) is 9.81. The summed E-state index contributed by atoms with van der Waals surface area (Å²) < 4.78 is 25.2. The van der Waals surface area contributed by atoms with Crippen molar-refractivity contribution in [1.82, 2.24) is 5.43 Å². The Labute approximate surface area is 184 Å². The predicted octanol–water partition coefficient (Wildman–Crippen LogP) is 2.76. The molecule has 1 amide bonds. The van der Waals surface area contributed by atoms with E-state index in [-0.39, 0.29) is 11.4 Å². The molecule has 0 aromatic heterocycles. The minimum Gasteiger partial charge on any atom is -0.271 e. The SMILES string of the molecule is CS(=O)(=O)N(CC(=O)N/N=C\c1ccc2c3c(cccc13)CC2)c1cccc([N+](=O)[O-])c1. The molecule has 0 fully saturated rings. The van der Waals surface area contributed by atoms with E-state index < -0.39 is 27.4 Å². The van der Waals surface area contributed by atoms with Gasteiger partial charge in [0.25, 0.3) is 11.6 Å². The summed E-state index contributed by atoms with van der Waals surface area (Å²) in [7, 11) is -3.87. The number of non-ortho nitro benzene ring substituents is 1. The van der Waals surface area contributed by atoms with E-state index in [9.17, 15) is 23.3 Å². The van der Waals surface area contributed by atoms with Crippen molar-refractivity contribution in [3.63, 3.8) is 0 Å². The van der Waals surface area contributed by atoms with Gasteiger partial charge in [0.05, 0.1) is 23.1 Å². The Morgan fingerprint density at radius 1 is 1.16 bits per heavy atom. The molecule has 0 aliphatic heterocycles. The van der Waals surface area contributed by atoms with Crippen molar-refractivity contribution in [2.24, 2.45) is 5.10 Å². The van der Waals surface area contributed by atoms with Crippen LogP contribution >= 0.6 is 0 Å². The monoisotopic (exact) mass is 452 g/mol. The molecule has 0 unspecified atom stereocenters. The van der Waals surface area contributed by atoms with Crippen LogP contribution in [0.25, 0.3) is 10.8 Å². The number of carbonyl (C=O) groups excluding carboxylic acids is 1. The summed E-state index contributed by atoms with van der Waals surface area (Å²) in [6.45, 7) is -0.568. The van der Waals surface area contributed by atoms with Crippen molar-refractivity contribution in [3.8, 4) is 0 Å². The lowest BCUT2D eigenvalue weighted by Gasteiger charge is -2.21. The molecular weight excluding hydrogens is 432 g/mol. The van der Waals surface area contributed by atoms with E-state index in [1.807, 2.05) is 18.2 Å². The number of aryl methyl sites for hydroxylation is 2. The molecular formula is C22H20N4O5S. The van der Waals surface area contributed by atoms with Gasteiger partial charge in [-0.15, -0.1) is 0 Å². The van der Waals surface area contributed by atoms with Crippen LogP contribution in [0.3, 0.4) is 0 Å². The number of anilines is 1. The van der Waals surface area contributed by atoms with E-state index in [1.165, 1.54) is 40.9 Å². The minimum atomic E-state index is -3.87. The van der Waals surface area contributed by atoms with Crippen molar-refractivity contribution >= 4 is 44.3 Å². The molecule has 0 spiro atoms. The Morgan fingerprint density at radius 2 is 1.88 bits per heavy atom. The standard InChI is InChI=1S/C22H20N4O5S/c1-32(30,31)25(18-5-3-6-19(12-18)26(28)29)14-21(27)24-23-13-17-11-10-16-9-8-15-4-2-7-20(17)22(15)16/h2-7,10-13H,8-9,14H2,1H3,(H,24,27)/b23-13-. The Hall–Kier alpha value is -3.79. The van der Waals surface area contributed by atoms with Crippen LogP contribution in [0, 0.1) is 10.1 Å². The highest BCUT2D eigenvalue weighted by molar-refractivity contribution is 7.92. The van der Waals surface area contributed by atoms with E-state index >= 15 is 0 Å². The van der Waals surface area contributed by atoms with Gasteiger partial charge in [-0.25, -0.2) is 13.8 Å². The van der Waals surface area contributed by atoms with Crippen LogP contribution in [-0.4, -0.2) is 38.3 Å². The summed E-state index contributed by atoms with van der Waals surface area (Å²) in [6, 6.07) is 15.2. The van der Waals surface area contributed by atoms with E-state index in [2.05, 4.69) is 22.7 Å². The van der Waals surface area contributed by atoms with Crippen molar-refractivity contribution in [1.29, 1.82) is 0 Å². The summed E-state index contributed by atoms with van der Waals surface area (Å²) in [5.74, 6) is -0.677. The van der Waals surface area contributed by atoms with Crippen LogP contribution in [0.5, 0.6) is 0 Å². The smallest absolute Gasteiger partial charge is 0.271 e. The van der Waals surface area contributed by atoms with Gasteiger partial charge in [0.1, 0.15) is 6.54 Å². The van der Waals surface area contributed by atoms with Crippen LogP contribution in [0.4, 0.5) is 11.4 Å². The number of nitro groups is 1. The van der Waals surface area contributed by atoms with E-state index in [0.29, 0.717) is 0 Å². The maximum absolute atomic E-state index is 12.4. The first kappa shape index (κ1) is 21.4. The van der Waals surface area contributed by atoms with E-state index in [1.54, 1.807) is 0 Å². The molecule has 3 aromatic carbocycles. The van der Waals surface area contributed by atoms with Gasteiger partial charge in [0, 0.05) is 17.7 Å². The van der Waals surface area contributed by atoms with Gasteiger partial charge in [-0.05, 0) is 40.8 Å². The van der Waals surface area contributed by atoms with Gasteiger partial charge in [0.2, 0.25) is 10.0 Å². The molecule has 0 saturated heterocycles. The highest BCUT2D eigenvalue weighted by atomic mass is 32.2. The molecule has 0 atom stereocenters.